The van der Waals surface area contributed by atoms with Crippen LogP contribution in [0.25, 0.3) is 0 Å². The van der Waals surface area contributed by atoms with E-state index in [0.29, 0.717) is 21.5 Å². The molecule has 1 amide bonds. The van der Waals surface area contributed by atoms with Gasteiger partial charge in [0.15, 0.2) is 0 Å². The predicted molar refractivity (Wildman–Crippen MR) is 96.3 cm³/mol. The van der Waals surface area contributed by atoms with Crippen molar-refractivity contribution in [3.8, 4) is 0 Å². The van der Waals surface area contributed by atoms with E-state index < -0.39 is 15.9 Å². The summed E-state index contributed by atoms with van der Waals surface area (Å²) in [6.45, 7) is 2.14. The quantitative estimate of drug-likeness (QED) is 0.846. The number of carbonyl (C=O) groups excluding carboxylic acids is 1. The van der Waals surface area contributed by atoms with Gasteiger partial charge in [-0.25, -0.2) is 8.42 Å². The minimum absolute atomic E-state index is 0.0852. The molecular formula is C16H17ClN2O3S2. The van der Waals surface area contributed by atoms with Gasteiger partial charge in [-0.2, -0.15) is 0 Å². The molecule has 1 atom stereocenters. The summed E-state index contributed by atoms with van der Waals surface area (Å²) in [6, 6.07) is 5.85. The van der Waals surface area contributed by atoms with Gasteiger partial charge in [-0.1, -0.05) is 18.5 Å². The minimum Gasteiger partial charge on any atom is -0.365 e. The highest BCUT2D eigenvalue weighted by Gasteiger charge is 2.28. The van der Waals surface area contributed by atoms with Gasteiger partial charge in [-0.15, -0.1) is 11.3 Å². The largest absolute Gasteiger partial charge is 0.365 e. The lowest BCUT2D eigenvalue weighted by atomic mass is 9.88. The zero-order chi connectivity index (χ0) is 17.5. The summed E-state index contributed by atoms with van der Waals surface area (Å²) in [5.74, 6) is -0.0894. The lowest BCUT2D eigenvalue weighted by Gasteiger charge is -2.18. The Labute approximate surface area is 149 Å². The number of hydrogen-bond donors (Lipinski definition) is 2. The second-order valence-electron chi connectivity index (χ2n) is 5.98. The van der Waals surface area contributed by atoms with E-state index in [1.165, 1.54) is 35.6 Å². The summed E-state index contributed by atoms with van der Waals surface area (Å²) in [6.07, 6.45) is 2.55. The van der Waals surface area contributed by atoms with Crippen molar-refractivity contribution in [1.29, 1.82) is 0 Å². The number of primary amides is 1. The molecule has 3 rings (SSSR count). The average Bonchev–Trinajstić information content (AvgIpc) is 2.83. The molecule has 128 valence electrons. The SMILES string of the molecule is C[C@H]1CCc2c(sc(NS(=O)(=O)c3ccc(Cl)cc3)c2C(N)=O)C1. The summed E-state index contributed by atoms with van der Waals surface area (Å²) >= 11 is 7.10. The standard InChI is InChI=1S/C16H17ClN2O3S2/c1-9-2-7-12-13(8-9)23-16(14(12)15(18)20)19-24(21,22)11-5-3-10(17)4-6-11/h3-6,9,19H,2,7-8H2,1H3,(H2,18,20)/t9-/m0/s1. The number of nitrogens with two attached hydrogens (primary N) is 1. The van der Waals surface area contributed by atoms with Crippen molar-refractivity contribution < 1.29 is 13.2 Å². The number of thiophene rings is 1. The number of rotatable bonds is 4. The molecule has 0 aliphatic heterocycles. The maximum atomic E-state index is 12.6. The zero-order valence-corrected chi connectivity index (χ0v) is 15.4. The van der Waals surface area contributed by atoms with E-state index in [-0.39, 0.29) is 4.90 Å². The summed E-state index contributed by atoms with van der Waals surface area (Å²) in [4.78, 5) is 13.0. The Morgan fingerprint density at radius 1 is 1.33 bits per heavy atom. The molecule has 24 heavy (non-hydrogen) atoms. The van der Waals surface area contributed by atoms with E-state index in [1.807, 2.05) is 0 Å². The van der Waals surface area contributed by atoms with Gasteiger partial charge in [0.2, 0.25) is 0 Å². The van der Waals surface area contributed by atoms with Crippen LogP contribution in [0.2, 0.25) is 5.02 Å². The highest BCUT2D eigenvalue weighted by atomic mass is 35.5. The van der Waals surface area contributed by atoms with Crippen LogP contribution in [-0.4, -0.2) is 14.3 Å². The van der Waals surface area contributed by atoms with E-state index in [9.17, 15) is 13.2 Å². The fraction of sp³-hybridized carbons (Fsp3) is 0.312. The predicted octanol–water partition coefficient (Wildman–Crippen LogP) is 3.43. The van der Waals surface area contributed by atoms with Gasteiger partial charge in [-0.3, -0.25) is 9.52 Å². The maximum Gasteiger partial charge on any atom is 0.262 e. The van der Waals surface area contributed by atoms with Crippen molar-refractivity contribution in [2.45, 2.75) is 31.1 Å². The topological polar surface area (TPSA) is 89.3 Å². The summed E-state index contributed by atoms with van der Waals surface area (Å²) in [7, 11) is -3.81. The fourth-order valence-corrected chi connectivity index (χ4v) is 5.73. The van der Waals surface area contributed by atoms with E-state index in [2.05, 4.69) is 11.6 Å². The lowest BCUT2D eigenvalue weighted by Crippen LogP contribution is -2.19. The molecule has 8 heteroatoms. The number of sulfonamides is 1. The molecule has 1 heterocycles. The molecule has 1 aromatic carbocycles. The number of benzene rings is 1. The molecule has 1 aromatic heterocycles. The van der Waals surface area contributed by atoms with Crippen LogP contribution in [0.15, 0.2) is 29.2 Å². The van der Waals surface area contributed by atoms with Crippen LogP contribution in [0.3, 0.4) is 0 Å². The Balaban J connectivity index is 2.00. The Morgan fingerprint density at radius 2 is 2.00 bits per heavy atom. The second kappa shape index (κ2) is 6.38. The summed E-state index contributed by atoms with van der Waals surface area (Å²) < 4.78 is 27.7. The van der Waals surface area contributed by atoms with Gasteiger partial charge in [0.25, 0.3) is 15.9 Å². The van der Waals surface area contributed by atoms with Crippen LogP contribution < -0.4 is 10.5 Å². The third kappa shape index (κ3) is 3.29. The van der Waals surface area contributed by atoms with Crippen molar-refractivity contribution in [3.63, 3.8) is 0 Å². The van der Waals surface area contributed by atoms with Crippen LogP contribution >= 0.6 is 22.9 Å². The number of halogens is 1. The smallest absolute Gasteiger partial charge is 0.262 e. The first-order valence-corrected chi connectivity index (χ1v) is 10.2. The van der Waals surface area contributed by atoms with Gasteiger partial charge in [0.05, 0.1) is 10.5 Å². The molecule has 5 nitrogen and oxygen atoms in total. The third-order valence-electron chi connectivity index (χ3n) is 4.11. The first-order valence-electron chi connectivity index (χ1n) is 7.50. The molecule has 0 saturated heterocycles. The fourth-order valence-electron chi connectivity index (χ4n) is 2.88. The van der Waals surface area contributed by atoms with Gasteiger partial charge >= 0.3 is 0 Å². The molecular weight excluding hydrogens is 368 g/mol. The molecule has 0 fully saturated rings. The Kier molecular flexibility index (Phi) is 4.59. The lowest BCUT2D eigenvalue weighted by molar-refractivity contribution is 0.100. The van der Waals surface area contributed by atoms with Crippen molar-refractivity contribution in [1.82, 2.24) is 0 Å². The molecule has 0 unspecified atom stereocenters. The molecule has 2 aromatic rings. The minimum atomic E-state index is -3.81. The molecule has 3 N–H and O–H groups in total. The Bertz CT molecular complexity index is 889. The molecule has 0 bridgehead atoms. The van der Waals surface area contributed by atoms with Crippen LogP contribution in [0.4, 0.5) is 5.00 Å². The highest BCUT2D eigenvalue weighted by Crippen LogP contribution is 2.40. The van der Waals surface area contributed by atoms with Gasteiger partial charge in [0.1, 0.15) is 5.00 Å². The monoisotopic (exact) mass is 384 g/mol. The molecule has 0 spiro atoms. The normalized spacial score (nSPS) is 17.3. The second-order valence-corrected chi connectivity index (χ2v) is 9.20. The zero-order valence-electron chi connectivity index (χ0n) is 13.0. The van der Waals surface area contributed by atoms with Crippen LogP contribution in [0.5, 0.6) is 0 Å². The molecule has 1 aliphatic carbocycles. The summed E-state index contributed by atoms with van der Waals surface area (Å²) in [5.41, 5.74) is 6.70. The van der Waals surface area contributed by atoms with Gasteiger partial charge in [-0.05, 0) is 55.0 Å². The van der Waals surface area contributed by atoms with Crippen LogP contribution in [0, 0.1) is 5.92 Å². The Morgan fingerprint density at radius 3 is 2.62 bits per heavy atom. The summed E-state index contributed by atoms with van der Waals surface area (Å²) in [5, 5.41) is 0.754. The van der Waals surface area contributed by atoms with E-state index >= 15 is 0 Å². The number of hydrogen-bond acceptors (Lipinski definition) is 4. The third-order valence-corrected chi connectivity index (χ3v) is 7.03. The van der Waals surface area contributed by atoms with Gasteiger partial charge in [0, 0.05) is 9.90 Å². The number of carbonyl (C=O) groups is 1. The van der Waals surface area contributed by atoms with Gasteiger partial charge < -0.3 is 5.73 Å². The average molecular weight is 385 g/mol. The maximum absolute atomic E-state index is 12.6. The Hall–Kier alpha value is -1.57. The van der Waals surface area contributed by atoms with Crippen LogP contribution in [-0.2, 0) is 22.9 Å². The molecule has 0 saturated carbocycles. The number of fused-ring (bicyclic) bond motifs is 1. The van der Waals surface area contributed by atoms with E-state index in [4.69, 9.17) is 17.3 Å². The first kappa shape index (κ1) is 17.3. The van der Waals surface area contributed by atoms with Crippen LogP contribution in [0.1, 0.15) is 34.1 Å². The number of nitrogens with one attached hydrogen (secondary N) is 1. The highest BCUT2D eigenvalue weighted by molar-refractivity contribution is 7.93. The van der Waals surface area contributed by atoms with Crippen molar-refractivity contribution in [2.75, 3.05) is 4.72 Å². The molecule has 1 aliphatic rings. The van der Waals surface area contributed by atoms with Crippen molar-refractivity contribution in [3.05, 3.63) is 45.3 Å². The number of anilines is 1. The first-order chi connectivity index (χ1) is 11.3. The molecule has 0 radical (unpaired) electrons. The van der Waals surface area contributed by atoms with E-state index in [1.54, 1.807) is 0 Å². The van der Waals surface area contributed by atoms with Crippen molar-refractivity contribution >= 4 is 43.9 Å². The number of amides is 1. The van der Waals surface area contributed by atoms with E-state index in [0.717, 1.165) is 29.7 Å². The van der Waals surface area contributed by atoms with Crippen molar-refractivity contribution in [2.24, 2.45) is 11.7 Å².